The highest BCUT2D eigenvalue weighted by Crippen LogP contribution is 2.32. The molecule has 1 saturated carbocycles. The molecule has 2 nitrogen and oxygen atoms in total. The maximum Gasteiger partial charge on any atom is 0.105 e. The van der Waals surface area contributed by atoms with Crippen LogP contribution in [0.25, 0.3) is 0 Å². The maximum absolute atomic E-state index is 6.18. The van der Waals surface area contributed by atoms with E-state index in [-0.39, 0.29) is 5.54 Å². The lowest BCUT2D eigenvalue weighted by Gasteiger charge is -2.35. The predicted molar refractivity (Wildman–Crippen MR) is 82.5 cm³/mol. The quantitative estimate of drug-likeness (QED) is 0.820. The van der Waals surface area contributed by atoms with Crippen molar-refractivity contribution in [3.63, 3.8) is 0 Å². The molecule has 0 amide bonds. The lowest BCUT2D eigenvalue weighted by atomic mass is 9.83. The minimum Gasteiger partial charge on any atom is -0.389 e. The summed E-state index contributed by atoms with van der Waals surface area (Å²) >= 11 is 11.1. The highest BCUT2D eigenvalue weighted by Gasteiger charge is 2.26. The van der Waals surface area contributed by atoms with Crippen LogP contribution in [0.15, 0.2) is 18.2 Å². The highest BCUT2D eigenvalue weighted by molar-refractivity contribution is 7.80. The summed E-state index contributed by atoms with van der Waals surface area (Å²) in [5, 5.41) is 4.21. The van der Waals surface area contributed by atoms with E-state index in [9.17, 15) is 0 Å². The van der Waals surface area contributed by atoms with Gasteiger partial charge in [-0.15, -0.1) is 0 Å². The van der Waals surface area contributed by atoms with Crippen LogP contribution >= 0.6 is 23.8 Å². The summed E-state index contributed by atoms with van der Waals surface area (Å²) in [6, 6.07) is 5.80. The minimum absolute atomic E-state index is 0.187. The molecule has 0 spiro atoms. The van der Waals surface area contributed by atoms with Crippen LogP contribution < -0.4 is 11.1 Å². The lowest BCUT2D eigenvalue weighted by molar-refractivity contribution is 0.349. The maximum atomic E-state index is 6.18. The van der Waals surface area contributed by atoms with Crippen LogP contribution in [-0.2, 0) is 0 Å². The molecule has 1 aromatic carbocycles. The molecule has 0 aromatic heterocycles. The fraction of sp³-hybridized carbons (Fsp3) is 0.500. The Balaban J connectivity index is 2.14. The number of anilines is 1. The molecule has 3 N–H and O–H groups in total. The van der Waals surface area contributed by atoms with Crippen LogP contribution in [0.5, 0.6) is 0 Å². The first-order valence-corrected chi connectivity index (χ1v) is 7.16. The minimum atomic E-state index is 0.187. The standard InChI is InChI=1S/C14H19ClN2S/c1-14(7-3-2-4-8-14)17-10-5-6-11(13(16)18)12(15)9-10/h5-6,9,17H,2-4,7-8H2,1H3,(H2,16,18). The van der Waals surface area contributed by atoms with Crippen molar-refractivity contribution in [3.05, 3.63) is 28.8 Å². The Morgan fingerprint density at radius 1 is 1.33 bits per heavy atom. The third-order valence-electron chi connectivity index (χ3n) is 3.64. The molecule has 1 aliphatic carbocycles. The van der Waals surface area contributed by atoms with E-state index >= 15 is 0 Å². The third-order valence-corrected chi connectivity index (χ3v) is 4.17. The Labute approximate surface area is 119 Å². The molecule has 1 fully saturated rings. The summed E-state index contributed by atoms with van der Waals surface area (Å²) in [7, 11) is 0. The van der Waals surface area contributed by atoms with Gasteiger partial charge < -0.3 is 11.1 Å². The first-order valence-electron chi connectivity index (χ1n) is 6.38. The van der Waals surface area contributed by atoms with Crippen LogP contribution in [0.4, 0.5) is 5.69 Å². The van der Waals surface area contributed by atoms with Gasteiger partial charge in [-0.3, -0.25) is 0 Å². The Hall–Kier alpha value is -0.800. The zero-order chi connectivity index (χ0) is 13.2. The number of nitrogens with two attached hydrogens (primary N) is 1. The molecule has 0 unspecified atom stereocenters. The Morgan fingerprint density at radius 3 is 2.56 bits per heavy atom. The van der Waals surface area contributed by atoms with E-state index < -0.39 is 0 Å². The molecule has 1 aromatic rings. The number of hydrogen-bond acceptors (Lipinski definition) is 2. The summed E-state index contributed by atoms with van der Waals surface area (Å²) < 4.78 is 0. The van der Waals surface area contributed by atoms with Crippen molar-refractivity contribution in [1.29, 1.82) is 0 Å². The number of nitrogens with one attached hydrogen (secondary N) is 1. The van der Waals surface area contributed by atoms with E-state index in [1.54, 1.807) is 0 Å². The molecule has 4 heteroatoms. The van der Waals surface area contributed by atoms with E-state index in [0.717, 1.165) is 11.3 Å². The molecule has 0 aliphatic heterocycles. The number of hydrogen-bond donors (Lipinski definition) is 2. The molecule has 98 valence electrons. The molecule has 0 bridgehead atoms. The average Bonchev–Trinajstić information content (AvgIpc) is 2.28. The summed E-state index contributed by atoms with van der Waals surface area (Å²) in [5.41, 5.74) is 7.58. The molecular weight excluding hydrogens is 264 g/mol. The topological polar surface area (TPSA) is 38.0 Å². The fourth-order valence-corrected chi connectivity index (χ4v) is 3.11. The average molecular weight is 283 g/mol. The van der Waals surface area contributed by atoms with E-state index in [1.165, 1.54) is 32.1 Å². The van der Waals surface area contributed by atoms with Gasteiger partial charge in [0.05, 0.1) is 5.02 Å². The fourth-order valence-electron chi connectivity index (χ4n) is 2.60. The van der Waals surface area contributed by atoms with Gasteiger partial charge >= 0.3 is 0 Å². The second-order valence-corrected chi connectivity index (χ2v) is 6.15. The SMILES string of the molecule is CC1(Nc2ccc(C(N)=S)c(Cl)c2)CCCCC1. The number of rotatable bonds is 3. The molecule has 0 atom stereocenters. The third kappa shape index (κ3) is 3.15. The van der Waals surface area contributed by atoms with E-state index in [1.807, 2.05) is 18.2 Å². The molecule has 18 heavy (non-hydrogen) atoms. The van der Waals surface area contributed by atoms with Crippen LogP contribution in [0.3, 0.4) is 0 Å². The van der Waals surface area contributed by atoms with Gasteiger partial charge in [-0.05, 0) is 38.0 Å². The van der Waals surface area contributed by atoms with E-state index in [0.29, 0.717) is 10.0 Å². The largest absolute Gasteiger partial charge is 0.389 e. The van der Waals surface area contributed by atoms with Gasteiger partial charge in [-0.25, -0.2) is 0 Å². The van der Waals surface area contributed by atoms with Crippen molar-refractivity contribution < 1.29 is 0 Å². The Kier molecular flexibility index (Phi) is 4.13. The summed E-state index contributed by atoms with van der Waals surface area (Å²) in [6.45, 7) is 2.28. The van der Waals surface area contributed by atoms with Crippen LogP contribution in [0.2, 0.25) is 5.02 Å². The van der Waals surface area contributed by atoms with Crippen molar-refractivity contribution >= 4 is 34.5 Å². The highest BCUT2D eigenvalue weighted by atomic mass is 35.5. The monoisotopic (exact) mass is 282 g/mol. The van der Waals surface area contributed by atoms with E-state index in [4.69, 9.17) is 29.6 Å². The lowest BCUT2D eigenvalue weighted by Crippen LogP contribution is -2.36. The Morgan fingerprint density at radius 2 is 2.00 bits per heavy atom. The molecule has 0 saturated heterocycles. The second-order valence-electron chi connectivity index (χ2n) is 5.31. The van der Waals surface area contributed by atoms with Gasteiger partial charge in [0.25, 0.3) is 0 Å². The molecule has 2 rings (SSSR count). The second kappa shape index (κ2) is 5.45. The van der Waals surface area contributed by atoms with Crippen molar-refractivity contribution in [2.45, 2.75) is 44.6 Å². The molecule has 0 radical (unpaired) electrons. The van der Waals surface area contributed by atoms with Crippen molar-refractivity contribution in [2.75, 3.05) is 5.32 Å². The van der Waals surface area contributed by atoms with Gasteiger partial charge in [0.1, 0.15) is 4.99 Å². The summed E-state index contributed by atoms with van der Waals surface area (Å²) in [5.74, 6) is 0. The summed E-state index contributed by atoms with van der Waals surface area (Å²) in [4.78, 5) is 0.343. The zero-order valence-corrected chi connectivity index (χ0v) is 12.2. The van der Waals surface area contributed by atoms with Gasteiger partial charge in [0.15, 0.2) is 0 Å². The smallest absolute Gasteiger partial charge is 0.105 e. The van der Waals surface area contributed by atoms with E-state index in [2.05, 4.69) is 12.2 Å². The molecular formula is C14H19ClN2S. The van der Waals surface area contributed by atoms with Gasteiger partial charge in [0.2, 0.25) is 0 Å². The van der Waals surface area contributed by atoms with Gasteiger partial charge in [-0.1, -0.05) is 43.1 Å². The number of thiocarbonyl (C=S) groups is 1. The Bertz CT molecular complexity index is 453. The predicted octanol–water partition coefficient (Wildman–Crippen LogP) is 4.11. The van der Waals surface area contributed by atoms with Gasteiger partial charge in [0, 0.05) is 16.8 Å². The first kappa shape index (κ1) is 13.6. The molecule has 1 aliphatic rings. The van der Waals surface area contributed by atoms with Crippen molar-refractivity contribution in [1.82, 2.24) is 0 Å². The van der Waals surface area contributed by atoms with Gasteiger partial charge in [-0.2, -0.15) is 0 Å². The van der Waals surface area contributed by atoms with Crippen molar-refractivity contribution in [3.8, 4) is 0 Å². The van der Waals surface area contributed by atoms with Crippen LogP contribution in [0.1, 0.15) is 44.6 Å². The van der Waals surface area contributed by atoms with Crippen LogP contribution in [0, 0.1) is 0 Å². The number of benzene rings is 1. The first-order chi connectivity index (χ1) is 8.50. The van der Waals surface area contributed by atoms with Crippen molar-refractivity contribution in [2.24, 2.45) is 5.73 Å². The van der Waals surface area contributed by atoms with Crippen LogP contribution in [-0.4, -0.2) is 10.5 Å². The number of halogens is 1. The molecule has 0 heterocycles. The normalized spacial score (nSPS) is 18.3. The zero-order valence-electron chi connectivity index (χ0n) is 10.6. The summed E-state index contributed by atoms with van der Waals surface area (Å²) in [6.07, 6.45) is 6.35.